The highest BCUT2D eigenvalue weighted by Crippen LogP contribution is 2.40. The number of rotatable bonds is 4. The minimum Gasteiger partial charge on any atom is -0.456 e. The molecule has 0 N–H and O–H groups in total. The van der Waals surface area contributed by atoms with Crippen LogP contribution in [-0.2, 0) is 0 Å². The van der Waals surface area contributed by atoms with Gasteiger partial charge in [-0.3, -0.25) is 4.57 Å². The molecule has 0 aliphatic carbocycles. The summed E-state index contributed by atoms with van der Waals surface area (Å²) in [7, 11) is 0. The molecule has 4 heterocycles. The van der Waals surface area contributed by atoms with E-state index in [-0.39, 0.29) is 16.7 Å². The highest BCUT2D eigenvalue weighted by atomic mass is 16.3. The molecule has 0 radical (unpaired) electrons. The van der Waals surface area contributed by atoms with Gasteiger partial charge >= 0.3 is 0 Å². The summed E-state index contributed by atoms with van der Waals surface area (Å²) in [6, 6.07) is 7.33. The largest absolute Gasteiger partial charge is 0.456 e. The number of fused-ring (bicyclic) bond motifs is 9. The molecule has 0 unspecified atom stereocenters. The van der Waals surface area contributed by atoms with E-state index in [4.69, 9.17) is 36.6 Å². The standard InChI is InChI=1S/C45H26N4O2/c1-3-12-27(13-4-1)30-18-11-21-39-42(30)33-23-22-29(24-40(33)51-39)44-46-43(28-14-5-2-6-15-28)47-45(48-44)49-36-19-9-7-16-31(36)34-25-35-32-17-8-10-20-38(32)50-41(35)26-37(34)49/h1-26H/i1D,2D,3D,4D,5D,6D,11D,12D,13D,14D,15D,18D,21D,22D,23D,24D. The second kappa shape index (κ2) is 10.7. The highest BCUT2D eigenvalue weighted by Gasteiger charge is 2.21. The molecule has 0 amide bonds. The molecule has 0 aliphatic heterocycles. The van der Waals surface area contributed by atoms with Gasteiger partial charge in [-0.1, -0.05) is 115 Å². The molecule has 4 aromatic heterocycles. The number of hydrogen-bond donors (Lipinski definition) is 0. The lowest BCUT2D eigenvalue weighted by molar-refractivity contribution is 0.668. The molecule has 6 nitrogen and oxygen atoms in total. The molecule has 0 atom stereocenters. The zero-order chi connectivity index (χ0) is 47.4. The van der Waals surface area contributed by atoms with Crippen molar-refractivity contribution in [2.24, 2.45) is 0 Å². The number of para-hydroxylation sites is 2. The lowest BCUT2D eigenvalue weighted by Gasteiger charge is -2.11. The maximum Gasteiger partial charge on any atom is 0.238 e. The summed E-state index contributed by atoms with van der Waals surface area (Å²) in [6.45, 7) is 0. The fourth-order valence-electron chi connectivity index (χ4n) is 6.58. The third-order valence-electron chi connectivity index (χ3n) is 8.76. The molecule has 0 fully saturated rings. The van der Waals surface area contributed by atoms with Gasteiger partial charge < -0.3 is 8.83 Å². The molecular formula is C45H26N4O2. The average molecular weight is 671 g/mol. The van der Waals surface area contributed by atoms with E-state index in [1.165, 1.54) is 0 Å². The number of benzene rings is 7. The van der Waals surface area contributed by atoms with Crippen molar-refractivity contribution in [2.75, 3.05) is 0 Å². The maximum atomic E-state index is 9.60. The Morgan fingerprint density at radius 2 is 1.20 bits per heavy atom. The van der Waals surface area contributed by atoms with Crippen LogP contribution in [0.2, 0.25) is 0 Å². The Balaban J connectivity index is 1.26. The van der Waals surface area contributed by atoms with Crippen LogP contribution in [0.15, 0.2) is 166 Å². The van der Waals surface area contributed by atoms with E-state index in [0.29, 0.717) is 22.2 Å². The fraction of sp³-hybridized carbons (Fsp3) is 0. The van der Waals surface area contributed by atoms with Crippen LogP contribution in [-0.4, -0.2) is 19.5 Å². The van der Waals surface area contributed by atoms with Crippen molar-refractivity contribution < 1.29 is 30.8 Å². The second-order valence-corrected chi connectivity index (χ2v) is 11.6. The van der Waals surface area contributed by atoms with Gasteiger partial charge in [-0.15, -0.1) is 0 Å². The first kappa shape index (κ1) is 16.6. The molecule has 0 spiro atoms. The molecule has 51 heavy (non-hydrogen) atoms. The summed E-state index contributed by atoms with van der Waals surface area (Å²) in [5.41, 5.74) is -0.547. The molecule has 11 aromatic rings. The van der Waals surface area contributed by atoms with Crippen molar-refractivity contribution >= 4 is 65.7 Å². The molecule has 0 saturated carbocycles. The Labute approximate surface area is 313 Å². The first-order valence-corrected chi connectivity index (χ1v) is 15.6. The van der Waals surface area contributed by atoms with E-state index in [1.54, 1.807) is 22.8 Å². The third kappa shape index (κ3) is 4.26. The number of aromatic nitrogens is 4. The van der Waals surface area contributed by atoms with Crippen molar-refractivity contribution in [1.29, 1.82) is 0 Å². The van der Waals surface area contributed by atoms with Gasteiger partial charge in [-0.05, 0) is 47.5 Å². The Hall–Kier alpha value is -7.05. The first-order chi connectivity index (χ1) is 31.9. The first-order valence-electron chi connectivity index (χ1n) is 23.6. The van der Waals surface area contributed by atoms with Gasteiger partial charge in [0.05, 0.1) is 33.0 Å². The van der Waals surface area contributed by atoms with E-state index in [1.807, 2.05) is 42.5 Å². The second-order valence-electron chi connectivity index (χ2n) is 11.6. The third-order valence-corrected chi connectivity index (χ3v) is 8.76. The van der Waals surface area contributed by atoms with E-state index < -0.39 is 142 Å². The fourth-order valence-corrected chi connectivity index (χ4v) is 6.58. The Kier molecular flexibility index (Phi) is 3.48. The van der Waals surface area contributed by atoms with Gasteiger partial charge in [0.2, 0.25) is 5.95 Å². The van der Waals surface area contributed by atoms with Crippen LogP contribution < -0.4 is 0 Å². The molecule has 7 aromatic carbocycles. The van der Waals surface area contributed by atoms with Gasteiger partial charge in [0.1, 0.15) is 22.3 Å². The molecule has 6 heteroatoms. The van der Waals surface area contributed by atoms with Crippen LogP contribution in [0.25, 0.3) is 106 Å². The normalized spacial score (nSPS) is 16.3. The van der Waals surface area contributed by atoms with Crippen molar-refractivity contribution in [1.82, 2.24) is 19.5 Å². The minimum absolute atomic E-state index is 0.182. The lowest BCUT2D eigenvalue weighted by Crippen LogP contribution is -2.06. The number of furan rings is 2. The zero-order valence-corrected chi connectivity index (χ0v) is 25.9. The molecular weight excluding hydrogens is 629 g/mol. The van der Waals surface area contributed by atoms with Crippen molar-refractivity contribution in [3.05, 3.63) is 157 Å². The van der Waals surface area contributed by atoms with Crippen LogP contribution >= 0.6 is 0 Å². The zero-order valence-electron chi connectivity index (χ0n) is 41.9. The number of nitrogens with zero attached hydrogens (tertiary/aromatic N) is 4. The van der Waals surface area contributed by atoms with E-state index in [2.05, 4.69) is 4.98 Å². The summed E-state index contributed by atoms with van der Waals surface area (Å²) < 4.78 is 154. The Morgan fingerprint density at radius 3 is 2.04 bits per heavy atom. The van der Waals surface area contributed by atoms with Crippen LogP contribution in [0.5, 0.6) is 0 Å². The summed E-state index contributed by atoms with van der Waals surface area (Å²) in [5, 5.41) is 2.54. The summed E-state index contributed by atoms with van der Waals surface area (Å²) >= 11 is 0. The monoisotopic (exact) mass is 670 g/mol. The van der Waals surface area contributed by atoms with Gasteiger partial charge in [-0.25, -0.2) is 4.98 Å². The summed E-state index contributed by atoms with van der Waals surface area (Å²) in [6.07, 6.45) is 0. The van der Waals surface area contributed by atoms with Crippen LogP contribution in [0.4, 0.5) is 0 Å². The summed E-state index contributed by atoms with van der Waals surface area (Å²) in [5.74, 6) is -1.09. The van der Waals surface area contributed by atoms with E-state index in [9.17, 15) is 4.11 Å². The molecule has 0 bridgehead atoms. The predicted octanol–water partition coefficient (Wildman–Crippen LogP) is 11.8. The van der Waals surface area contributed by atoms with Gasteiger partial charge in [-0.2, -0.15) is 9.97 Å². The topological polar surface area (TPSA) is 69.9 Å². The van der Waals surface area contributed by atoms with Crippen molar-refractivity contribution in [2.45, 2.75) is 0 Å². The lowest BCUT2D eigenvalue weighted by atomic mass is 9.99. The Morgan fingerprint density at radius 1 is 0.471 bits per heavy atom. The average Bonchev–Trinajstić information content (AvgIpc) is 4.00. The smallest absolute Gasteiger partial charge is 0.238 e. The summed E-state index contributed by atoms with van der Waals surface area (Å²) in [4.78, 5) is 14.1. The highest BCUT2D eigenvalue weighted by molar-refractivity contribution is 6.17. The quantitative estimate of drug-likeness (QED) is 0.186. The van der Waals surface area contributed by atoms with Crippen LogP contribution in [0.1, 0.15) is 21.9 Å². The van der Waals surface area contributed by atoms with E-state index >= 15 is 0 Å². The van der Waals surface area contributed by atoms with Gasteiger partial charge in [0.15, 0.2) is 11.6 Å². The maximum absolute atomic E-state index is 9.60. The van der Waals surface area contributed by atoms with E-state index in [0.717, 1.165) is 21.5 Å². The SMILES string of the molecule is [2H]c1c([2H])c([2H])c(-c2nc(-c3c([2H])c([2H])c4c(oc5c([2H])c([2H])c([2H])c(-c6c([2H])c([2H])c([2H])c([2H])c6[2H])c54)c3[2H])nc(-n3c4ccccc4c4cc5c(cc43)oc3ccccc35)n2)c([2H])c1[2H]. The molecule has 11 rings (SSSR count). The van der Waals surface area contributed by atoms with Gasteiger partial charge in [0, 0.05) is 49.5 Å². The predicted molar refractivity (Wildman–Crippen MR) is 205 cm³/mol. The van der Waals surface area contributed by atoms with Crippen molar-refractivity contribution in [3.63, 3.8) is 0 Å². The van der Waals surface area contributed by atoms with Crippen LogP contribution in [0, 0.1) is 0 Å². The van der Waals surface area contributed by atoms with Crippen molar-refractivity contribution in [3.8, 4) is 39.9 Å². The van der Waals surface area contributed by atoms with Gasteiger partial charge in [0.25, 0.3) is 0 Å². The molecule has 0 aliphatic rings. The Bertz CT molecular complexity index is 4030. The molecule has 238 valence electrons. The number of hydrogen-bond acceptors (Lipinski definition) is 5. The molecule has 0 saturated heterocycles. The minimum atomic E-state index is -0.751. The van der Waals surface area contributed by atoms with Crippen LogP contribution in [0.3, 0.4) is 0 Å².